The average molecular weight is 165 g/mol. The molecule has 0 fully saturated rings. The van der Waals surface area contributed by atoms with Crippen molar-refractivity contribution < 1.29 is 5.48 Å². The Balaban J connectivity index is 0. The van der Waals surface area contributed by atoms with Crippen molar-refractivity contribution >= 4 is 15.4 Å². The minimum absolute atomic E-state index is 0. The van der Waals surface area contributed by atoms with E-state index in [2.05, 4.69) is 14.4 Å². The van der Waals surface area contributed by atoms with E-state index in [0.717, 1.165) is 5.96 Å². The highest BCUT2D eigenvalue weighted by Crippen LogP contribution is 1.96. The van der Waals surface area contributed by atoms with E-state index in [1.807, 2.05) is 30.7 Å². The first-order chi connectivity index (χ1) is 4.09. The maximum Gasteiger partial charge on any atom is 0.198 e. The lowest BCUT2D eigenvalue weighted by atomic mass is 10.8. The molecule has 0 saturated carbocycles. The minimum atomic E-state index is 0. The molecule has 62 valence electrons. The lowest BCUT2D eigenvalue weighted by molar-refractivity contribution is 0.551. The van der Waals surface area contributed by atoms with E-state index in [1.165, 1.54) is 0 Å². The molecule has 0 aliphatic carbocycles. The van der Waals surface area contributed by atoms with Gasteiger partial charge in [0.15, 0.2) is 5.96 Å². The highest BCUT2D eigenvalue weighted by molar-refractivity contribution is 7.14. The molecular formula is C5H16N3OP. The van der Waals surface area contributed by atoms with Gasteiger partial charge in [-0.3, -0.25) is 4.99 Å². The Morgan fingerprint density at radius 1 is 1.30 bits per heavy atom. The monoisotopic (exact) mass is 165 g/mol. The molecule has 0 aliphatic heterocycles. The van der Waals surface area contributed by atoms with E-state index in [-0.39, 0.29) is 5.48 Å². The van der Waals surface area contributed by atoms with Crippen LogP contribution in [0.4, 0.5) is 0 Å². The van der Waals surface area contributed by atoms with Crippen molar-refractivity contribution in [2.24, 2.45) is 4.99 Å². The van der Waals surface area contributed by atoms with E-state index < -0.39 is 0 Å². The molecule has 0 spiro atoms. The van der Waals surface area contributed by atoms with Gasteiger partial charge in [0.25, 0.3) is 0 Å². The fourth-order valence-corrected chi connectivity index (χ4v) is 1.02. The van der Waals surface area contributed by atoms with Crippen LogP contribution in [0.1, 0.15) is 0 Å². The maximum absolute atomic E-state index is 4.03. The lowest BCUT2D eigenvalue weighted by Gasteiger charge is -2.21. The molecule has 0 radical (unpaired) electrons. The molecule has 0 aliphatic rings. The molecule has 0 aromatic carbocycles. The number of aliphatic imine (C=N–C) groups is 1. The molecular weight excluding hydrogens is 149 g/mol. The molecule has 0 bridgehead atoms. The van der Waals surface area contributed by atoms with Gasteiger partial charge in [-0.25, -0.2) is 0 Å². The zero-order valence-electron chi connectivity index (χ0n) is 6.92. The first kappa shape index (κ1) is 12.3. The molecule has 0 aromatic rings. The third-order valence-corrected chi connectivity index (χ3v) is 1.15. The molecule has 1 unspecified atom stereocenters. The van der Waals surface area contributed by atoms with E-state index >= 15 is 0 Å². The van der Waals surface area contributed by atoms with Crippen molar-refractivity contribution in [2.75, 3.05) is 28.2 Å². The molecule has 2 N–H and O–H groups in total. The van der Waals surface area contributed by atoms with Crippen LogP contribution < -0.4 is 0 Å². The SMILES string of the molecule is CN=C(N(C)C)N(C)P.O. The van der Waals surface area contributed by atoms with Crippen molar-refractivity contribution in [3.05, 3.63) is 0 Å². The first-order valence-corrected chi connectivity index (χ1v) is 3.23. The van der Waals surface area contributed by atoms with Crippen LogP contribution in [0.5, 0.6) is 0 Å². The van der Waals surface area contributed by atoms with Crippen LogP contribution in [0.3, 0.4) is 0 Å². The zero-order chi connectivity index (χ0) is 7.44. The molecule has 0 amide bonds. The Bertz CT molecular complexity index is 103. The summed E-state index contributed by atoms with van der Waals surface area (Å²) in [5, 5.41) is 0. The van der Waals surface area contributed by atoms with Crippen LogP contribution in [0.15, 0.2) is 4.99 Å². The fraction of sp³-hybridized carbons (Fsp3) is 0.800. The Labute approximate surface area is 64.5 Å². The molecule has 0 saturated heterocycles. The maximum atomic E-state index is 4.03. The Morgan fingerprint density at radius 3 is 1.70 bits per heavy atom. The van der Waals surface area contributed by atoms with Gasteiger partial charge in [-0.1, -0.05) is 0 Å². The van der Waals surface area contributed by atoms with E-state index in [1.54, 1.807) is 7.05 Å². The number of guanidine groups is 1. The van der Waals surface area contributed by atoms with Crippen LogP contribution >= 0.6 is 9.39 Å². The summed E-state index contributed by atoms with van der Waals surface area (Å²) in [5.74, 6) is 0.944. The topological polar surface area (TPSA) is 50.3 Å². The summed E-state index contributed by atoms with van der Waals surface area (Å²) >= 11 is 0. The van der Waals surface area contributed by atoms with Crippen molar-refractivity contribution in [2.45, 2.75) is 0 Å². The van der Waals surface area contributed by atoms with Crippen LogP contribution in [-0.2, 0) is 0 Å². The number of hydrogen-bond donors (Lipinski definition) is 0. The van der Waals surface area contributed by atoms with Crippen molar-refractivity contribution in [3.63, 3.8) is 0 Å². The smallest absolute Gasteiger partial charge is 0.198 e. The van der Waals surface area contributed by atoms with Gasteiger partial charge >= 0.3 is 0 Å². The zero-order valence-corrected chi connectivity index (χ0v) is 8.07. The highest BCUT2D eigenvalue weighted by Gasteiger charge is 2.00. The summed E-state index contributed by atoms with van der Waals surface area (Å²) in [6.45, 7) is 0. The van der Waals surface area contributed by atoms with Gasteiger partial charge in [0.1, 0.15) is 0 Å². The Hall–Kier alpha value is -0.340. The summed E-state index contributed by atoms with van der Waals surface area (Å²) in [6, 6.07) is 0. The third-order valence-electron chi connectivity index (χ3n) is 0.915. The summed E-state index contributed by atoms with van der Waals surface area (Å²) < 4.78 is 1.89. The standard InChI is InChI=1S/C5H14N3P.H2O/c1-6-5(7(2)3)8(4)9;/h9H2,1-4H3;1H2. The predicted octanol–water partition coefficient (Wildman–Crippen LogP) is -0.569. The Morgan fingerprint density at radius 2 is 1.70 bits per heavy atom. The van der Waals surface area contributed by atoms with Gasteiger partial charge < -0.3 is 15.0 Å². The molecule has 0 rings (SSSR count). The normalized spacial score (nSPS) is 10.3. The summed E-state index contributed by atoms with van der Waals surface area (Å²) in [6.07, 6.45) is 0. The number of rotatable bonds is 0. The second-order valence-corrected chi connectivity index (χ2v) is 2.80. The third kappa shape index (κ3) is 3.64. The summed E-state index contributed by atoms with van der Waals surface area (Å²) in [5.41, 5.74) is 0. The van der Waals surface area contributed by atoms with Gasteiger partial charge in [0, 0.05) is 28.2 Å². The van der Waals surface area contributed by atoms with Crippen molar-refractivity contribution in [1.82, 2.24) is 9.57 Å². The van der Waals surface area contributed by atoms with Gasteiger partial charge in [-0.2, -0.15) is 0 Å². The lowest BCUT2D eigenvalue weighted by Crippen LogP contribution is -2.31. The Kier molecular flexibility index (Phi) is 6.72. The second kappa shape index (κ2) is 5.45. The predicted molar refractivity (Wildman–Crippen MR) is 48.1 cm³/mol. The first-order valence-electron chi connectivity index (χ1n) is 2.72. The van der Waals surface area contributed by atoms with Gasteiger partial charge in [0.2, 0.25) is 0 Å². The van der Waals surface area contributed by atoms with Gasteiger partial charge in [-0.05, 0) is 9.39 Å². The highest BCUT2D eigenvalue weighted by atomic mass is 31.0. The van der Waals surface area contributed by atoms with Gasteiger partial charge in [0.05, 0.1) is 0 Å². The minimum Gasteiger partial charge on any atom is -0.412 e. The number of nitrogens with zero attached hydrogens (tertiary/aromatic N) is 3. The molecule has 0 heterocycles. The summed E-state index contributed by atoms with van der Waals surface area (Å²) in [7, 11) is 10.2. The fourth-order valence-electron chi connectivity index (χ4n) is 0.673. The van der Waals surface area contributed by atoms with Gasteiger partial charge in [-0.15, -0.1) is 0 Å². The quantitative estimate of drug-likeness (QED) is 0.274. The van der Waals surface area contributed by atoms with E-state index in [9.17, 15) is 0 Å². The van der Waals surface area contributed by atoms with Crippen LogP contribution in [0, 0.1) is 0 Å². The molecule has 5 heteroatoms. The van der Waals surface area contributed by atoms with Crippen LogP contribution in [0.2, 0.25) is 0 Å². The molecule has 4 nitrogen and oxygen atoms in total. The van der Waals surface area contributed by atoms with E-state index in [4.69, 9.17) is 0 Å². The van der Waals surface area contributed by atoms with E-state index in [0.29, 0.717) is 0 Å². The van der Waals surface area contributed by atoms with Crippen molar-refractivity contribution in [3.8, 4) is 0 Å². The number of hydrogen-bond acceptors (Lipinski definition) is 1. The van der Waals surface area contributed by atoms with Crippen molar-refractivity contribution in [1.29, 1.82) is 0 Å². The molecule has 10 heavy (non-hydrogen) atoms. The van der Waals surface area contributed by atoms with Crippen LogP contribution in [0.25, 0.3) is 0 Å². The largest absolute Gasteiger partial charge is 0.412 e. The second-order valence-electron chi connectivity index (χ2n) is 2.03. The molecule has 1 atom stereocenters. The summed E-state index contributed by atoms with van der Waals surface area (Å²) in [4.78, 5) is 5.99. The van der Waals surface area contributed by atoms with Crippen LogP contribution in [-0.4, -0.2) is 49.2 Å². The average Bonchev–Trinajstić information content (AvgIpc) is 1.64. The molecule has 0 aromatic heterocycles.